The van der Waals surface area contributed by atoms with Gasteiger partial charge in [-0.2, -0.15) is 4.98 Å². The minimum absolute atomic E-state index is 0.329. The fraction of sp³-hybridized carbons (Fsp3) is 0.308. The lowest BCUT2D eigenvalue weighted by Crippen LogP contribution is -2.07. The van der Waals surface area contributed by atoms with Crippen LogP contribution in [0.25, 0.3) is 0 Å². The van der Waals surface area contributed by atoms with Crippen molar-refractivity contribution in [3.8, 4) is 0 Å². The smallest absolute Gasteiger partial charge is 0.338 e. The molecule has 0 saturated carbocycles. The molecular formula is C13H16N4O3. The number of nitrogens with two attached hydrogens (primary N) is 1. The number of aryl methyl sites for hydroxylation is 1. The number of benzene rings is 1. The Morgan fingerprint density at radius 2 is 2.30 bits per heavy atom. The van der Waals surface area contributed by atoms with Crippen LogP contribution in [-0.2, 0) is 11.3 Å². The highest BCUT2D eigenvalue weighted by Gasteiger charge is 2.09. The highest BCUT2D eigenvalue weighted by molar-refractivity contribution is 5.91. The Labute approximate surface area is 116 Å². The fourth-order valence-electron chi connectivity index (χ4n) is 1.65. The van der Waals surface area contributed by atoms with Gasteiger partial charge in [0.2, 0.25) is 5.89 Å². The normalized spacial score (nSPS) is 10.3. The minimum Gasteiger partial charge on any atom is -0.462 e. The van der Waals surface area contributed by atoms with Gasteiger partial charge in [-0.3, -0.25) is 0 Å². The van der Waals surface area contributed by atoms with E-state index in [0.717, 1.165) is 0 Å². The molecule has 0 atom stereocenters. The van der Waals surface area contributed by atoms with Crippen LogP contribution < -0.4 is 11.1 Å². The maximum atomic E-state index is 11.6. The zero-order chi connectivity index (χ0) is 14.5. The van der Waals surface area contributed by atoms with E-state index in [0.29, 0.717) is 41.8 Å². The molecule has 0 aliphatic carbocycles. The third-order valence-electron chi connectivity index (χ3n) is 2.56. The van der Waals surface area contributed by atoms with Crippen molar-refractivity contribution < 1.29 is 14.1 Å². The number of ether oxygens (including phenoxy) is 1. The Morgan fingerprint density at radius 1 is 1.50 bits per heavy atom. The number of aromatic nitrogens is 2. The summed E-state index contributed by atoms with van der Waals surface area (Å²) in [5, 5.41) is 6.76. The van der Waals surface area contributed by atoms with Crippen LogP contribution in [0.4, 0.5) is 11.4 Å². The summed E-state index contributed by atoms with van der Waals surface area (Å²) >= 11 is 0. The molecule has 0 amide bonds. The van der Waals surface area contributed by atoms with Crippen molar-refractivity contribution in [2.75, 3.05) is 17.7 Å². The first kappa shape index (κ1) is 13.9. The Morgan fingerprint density at radius 3 is 2.90 bits per heavy atom. The monoisotopic (exact) mass is 276 g/mol. The van der Waals surface area contributed by atoms with Gasteiger partial charge in [0.05, 0.1) is 30.1 Å². The van der Waals surface area contributed by atoms with Gasteiger partial charge in [0.25, 0.3) is 0 Å². The highest BCUT2D eigenvalue weighted by atomic mass is 16.5. The van der Waals surface area contributed by atoms with Gasteiger partial charge >= 0.3 is 5.97 Å². The molecule has 1 aromatic carbocycles. The molecule has 3 N–H and O–H groups in total. The molecule has 20 heavy (non-hydrogen) atoms. The van der Waals surface area contributed by atoms with Crippen LogP contribution in [0, 0.1) is 6.92 Å². The predicted molar refractivity (Wildman–Crippen MR) is 73.2 cm³/mol. The van der Waals surface area contributed by atoms with Crippen molar-refractivity contribution in [2.24, 2.45) is 0 Å². The summed E-state index contributed by atoms with van der Waals surface area (Å²) in [4.78, 5) is 15.6. The van der Waals surface area contributed by atoms with Gasteiger partial charge in [-0.15, -0.1) is 0 Å². The molecule has 0 fully saturated rings. The summed E-state index contributed by atoms with van der Waals surface area (Å²) in [7, 11) is 0. The molecule has 0 radical (unpaired) electrons. The Kier molecular flexibility index (Phi) is 4.19. The Bertz CT molecular complexity index is 609. The number of nitrogens with zero attached hydrogens (tertiary/aromatic N) is 2. The third kappa shape index (κ3) is 3.25. The number of hydrogen-bond donors (Lipinski definition) is 2. The quantitative estimate of drug-likeness (QED) is 0.633. The number of nitrogens with one attached hydrogen (secondary N) is 1. The summed E-state index contributed by atoms with van der Waals surface area (Å²) < 4.78 is 9.89. The second kappa shape index (κ2) is 6.05. The van der Waals surface area contributed by atoms with Crippen molar-refractivity contribution >= 4 is 17.3 Å². The molecule has 0 saturated heterocycles. The molecule has 7 heteroatoms. The molecule has 7 nitrogen and oxygen atoms in total. The van der Waals surface area contributed by atoms with Crippen molar-refractivity contribution in [3.63, 3.8) is 0 Å². The summed E-state index contributed by atoms with van der Waals surface area (Å²) in [6, 6.07) is 4.93. The van der Waals surface area contributed by atoms with Gasteiger partial charge in [-0.1, -0.05) is 5.16 Å². The van der Waals surface area contributed by atoms with Gasteiger partial charge in [0.1, 0.15) is 0 Å². The number of carbonyl (C=O) groups is 1. The topological polar surface area (TPSA) is 103 Å². The summed E-state index contributed by atoms with van der Waals surface area (Å²) in [5.41, 5.74) is 7.45. The number of rotatable bonds is 5. The lowest BCUT2D eigenvalue weighted by molar-refractivity contribution is 0.0526. The van der Waals surface area contributed by atoms with Crippen LogP contribution in [-0.4, -0.2) is 22.7 Å². The fourth-order valence-corrected chi connectivity index (χ4v) is 1.65. The van der Waals surface area contributed by atoms with Crippen molar-refractivity contribution in [1.29, 1.82) is 0 Å². The van der Waals surface area contributed by atoms with Crippen LogP contribution >= 0.6 is 0 Å². The van der Waals surface area contributed by atoms with Crippen LogP contribution in [0.1, 0.15) is 29.0 Å². The molecule has 0 aliphatic rings. The maximum Gasteiger partial charge on any atom is 0.338 e. The number of nitrogen functional groups attached to an aromatic ring is 1. The van der Waals surface area contributed by atoms with Gasteiger partial charge in [0, 0.05) is 0 Å². The maximum absolute atomic E-state index is 11.6. The molecule has 106 valence electrons. The average molecular weight is 276 g/mol. The number of hydrogen-bond acceptors (Lipinski definition) is 7. The van der Waals surface area contributed by atoms with E-state index >= 15 is 0 Å². The Balaban J connectivity index is 2.04. The van der Waals surface area contributed by atoms with Gasteiger partial charge < -0.3 is 20.3 Å². The van der Waals surface area contributed by atoms with E-state index in [1.165, 1.54) is 0 Å². The Hall–Kier alpha value is -2.57. The van der Waals surface area contributed by atoms with Crippen LogP contribution in [0.2, 0.25) is 0 Å². The highest BCUT2D eigenvalue weighted by Crippen LogP contribution is 2.21. The van der Waals surface area contributed by atoms with E-state index in [4.69, 9.17) is 15.0 Å². The summed E-state index contributed by atoms with van der Waals surface area (Å²) in [6.07, 6.45) is 0. The van der Waals surface area contributed by atoms with Gasteiger partial charge in [-0.05, 0) is 32.0 Å². The average Bonchev–Trinajstić information content (AvgIpc) is 2.83. The second-order valence-electron chi connectivity index (χ2n) is 4.11. The first-order chi connectivity index (χ1) is 9.60. The predicted octanol–water partition coefficient (Wildman–Crippen LogP) is 1.75. The van der Waals surface area contributed by atoms with Gasteiger partial charge in [0.15, 0.2) is 5.82 Å². The van der Waals surface area contributed by atoms with E-state index in [2.05, 4.69) is 15.5 Å². The number of esters is 1. The standard InChI is InChI=1S/C13H16N4O3/c1-3-19-13(18)9-4-5-11(10(14)6-9)15-7-12-16-8(2)17-20-12/h4-6,15H,3,7,14H2,1-2H3. The van der Waals surface area contributed by atoms with Crippen molar-refractivity contribution in [1.82, 2.24) is 10.1 Å². The largest absolute Gasteiger partial charge is 0.462 e. The molecule has 0 bridgehead atoms. The first-order valence-electron chi connectivity index (χ1n) is 6.20. The van der Waals surface area contributed by atoms with E-state index in [1.54, 1.807) is 32.0 Å². The number of carbonyl (C=O) groups excluding carboxylic acids is 1. The lowest BCUT2D eigenvalue weighted by atomic mass is 10.1. The summed E-state index contributed by atoms with van der Waals surface area (Å²) in [6.45, 7) is 4.19. The SMILES string of the molecule is CCOC(=O)c1ccc(NCc2nc(C)no2)c(N)c1. The third-order valence-corrected chi connectivity index (χ3v) is 2.56. The van der Waals surface area contributed by atoms with E-state index in [-0.39, 0.29) is 0 Å². The van der Waals surface area contributed by atoms with E-state index < -0.39 is 5.97 Å². The zero-order valence-electron chi connectivity index (χ0n) is 11.3. The van der Waals surface area contributed by atoms with Crippen LogP contribution in [0.3, 0.4) is 0 Å². The van der Waals surface area contributed by atoms with Gasteiger partial charge in [-0.25, -0.2) is 4.79 Å². The second-order valence-corrected chi connectivity index (χ2v) is 4.11. The van der Waals surface area contributed by atoms with Crippen molar-refractivity contribution in [3.05, 3.63) is 35.5 Å². The molecule has 1 aromatic heterocycles. The molecule has 0 spiro atoms. The molecule has 2 aromatic rings. The molecular weight excluding hydrogens is 260 g/mol. The minimum atomic E-state index is -0.390. The lowest BCUT2D eigenvalue weighted by Gasteiger charge is -2.09. The van der Waals surface area contributed by atoms with Crippen LogP contribution in [0.5, 0.6) is 0 Å². The molecule has 0 aliphatic heterocycles. The summed E-state index contributed by atoms with van der Waals surface area (Å²) in [5.74, 6) is 0.655. The zero-order valence-corrected chi connectivity index (χ0v) is 11.3. The number of anilines is 2. The van der Waals surface area contributed by atoms with Crippen molar-refractivity contribution in [2.45, 2.75) is 20.4 Å². The molecule has 0 unspecified atom stereocenters. The molecule has 1 heterocycles. The van der Waals surface area contributed by atoms with Crippen LogP contribution in [0.15, 0.2) is 22.7 Å². The molecule has 2 rings (SSSR count). The first-order valence-corrected chi connectivity index (χ1v) is 6.20. The van der Waals surface area contributed by atoms with E-state index in [9.17, 15) is 4.79 Å². The van der Waals surface area contributed by atoms with E-state index in [1.807, 2.05) is 0 Å².